The number of unbranched alkanes of at least 4 members (excludes halogenated alkanes) is 2. The first kappa shape index (κ1) is 44.9. The first-order valence-corrected chi connectivity index (χ1v) is 19.5. The van der Waals surface area contributed by atoms with Gasteiger partial charge in [0.15, 0.2) is 6.10 Å². The number of rotatable bonds is 24. The highest BCUT2D eigenvalue weighted by Gasteiger charge is 2.34. The Labute approximate surface area is 318 Å². The second kappa shape index (κ2) is 23.4. The zero-order valence-electron chi connectivity index (χ0n) is 32.6. The van der Waals surface area contributed by atoms with Crippen LogP contribution in [0, 0.1) is 11.8 Å². The molecule has 0 bridgehead atoms. The number of alkyl carbamates (subject to hydrolysis) is 1. The zero-order chi connectivity index (χ0) is 39.5. The van der Waals surface area contributed by atoms with Crippen LogP contribution in [0.2, 0.25) is 0 Å². The van der Waals surface area contributed by atoms with Crippen LogP contribution in [0.25, 0.3) is 0 Å². The van der Waals surface area contributed by atoms with Crippen LogP contribution in [0.1, 0.15) is 106 Å². The highest BCUT2D eigenvalue weighted by atomic mass is 32.1. The van der Waals surface area contributed by atoms with E-state index in [2.05, 4.69) is 31.6 Å². The van der Waals surface area contributed by atoms with E-state index >= 15 is 0 Å². The number of aliphatic carboxylic acids is 1. The van der Waals surface area contributed by atoms with Gasteiger partial charge in [-0.15, -0.1) is 11.3 Å². The molecule has 4 amide bonds. The lowest BCUT2D eigenvalue weighted by molar-refractivity contribution is -0.141. The van der Waals surface area contributed by atoms with Crippen molar-refractivity contribution in [1.82, 2.24) is 31.2 Å². The summed E-state index contributed by atoms with van der Waals surface area (Å²) in [6, 6.07) is 6.09. The lowest BCUT2D eigenvalue weighted by Crippen LogP contribution is -2.52. The lowest BCUT2D eigenvalue weighted by atomic mass is 9.95. The molecule has 0 saturated heterocycles. The number of likely N-dealkylation sites (N-methyl/N-ethyl adjacent to an activating group) is 1. The van der Waals surface area contributed by atoms with Crippen molar-refractivity contribution in [2.75, 3.05) is 40.1 Å². The van der Waals surface area contributed by atoms with Crippen LogP contribution in [-0.2, 0) is 25.5 Å². The van der Waals surface area contributed by atoms with E-state index in [0.717, 1.165) is 48.4 Å². The van der Waals surface area contributed by atoms with Gasteiger partial charge in [0.05, 0.1) is 5.92 Å². The molecule has 2 aromatic rings. The number of aromatic nitrogens is 1. The molecule has 0 aliphatic rings. The Balaban J connectivity index is 2.27. The average Bonchev–Trinajstić information content (AvgIpc) is 3.63. The van der Waals surface area contributed by atoms with Crippen molar-refractivity contribution >= 4 is 46.8 Å². The fourth-order valence-corrected chi connectivity index (χ4v) is 6.92. The summed E-state index contributed by atoms with van der Waals surface area (Å²) in [4.78, 5) is 70.7. The van der Waals surface area contributed by atoms with Crippen LogP contribution >= 0.6 is 11.3 Å². The normalized spacial score (nSPS) is 14.0. The Morgan fingerprint density at radius 2 is 1.66 bits per heavy atom. The number of carboxylic acid groups (broad SMARTS) is 1. The maximum absolute atomic E-state index is 13.9. The molecule has 1 aromatic carbocycles. The molecule has 0 fully saturated rings. The van der Waals surface area contributed by atoms with E-state index in [1.54, 1.807) is 24.3 Å². The fraction of sp³-hybridized carbons (Fsp3) is 0.632. The number of benzene rings is 1. The predicted molar refractivity (Wildman–Crippen MR) is 208 cm³/mol. The molecule has 15 heteroatoms. The van der Waals surface area contributed by atoms with Gasteiger partial charge in [0.25, 0.3) is 5.91 Å². The SMILES string of the molecule is CCC[C@H](NC(=O)CCCCCNC)C(=O)N(C)C(CC(OC(=O)NC)c1nc(C(=O)NC(Cc2ccc(NC)cc2)CC(C)C(=O)O)cs1)C(C)C. The molecule has 1 aromatic heterocycles. The van der Waals surface area contributed by atoms with E-state index in [1.807, 2.05) is 59.1 Å². The molecule has 14 nitrogen and oxygen atoms in total. The fourth-order valence-electron chi connectivity index (χ4n) is 6.08. The number of nitrogens with zero attached hydrogens (tertiary/aromatic N) is 2. The van der Waals surface area contributed by atoms with Crippen LogP contribution in [-0.4, -0.2) is 97.6 Å². The molecular formula is C38H61N7O7S. The minimum atomic E-state index is -0.956. The monoisotopic (exact) mass is 759 g/mol. The quantitative estimate of drug-likeness (QED) is 0.0797. The van der Waals surface area contributed by atoms with Gasteiger partial charge in [0, 0.05) is 57.1 Å². The number of hydrogen-bond donors (Lipinski definition) is 6. The lowest BCUT2D eigenvalue weighted by Gasteiger charge is -2.35. The summed E-state index contributed by atoms with van der Waals surface area (Å²) in [6.45, 7) is 8.39. The molecule has 5 atom stereocenters. The Morgan fingerprint density at radius 3 is 2.25 bits per heavy atom. The highest BCUT2D eigenvalue weighted by Crippen LogP contribution is 2.31. The minimum absolute atomic E-state index is 0.0632. The van der Waals surface area contributed by atoms with Crippen molar-refractivity contribution in [2.24, 2.45) is 11.8 Å². The van der Waals surface area contributed by atoms with E-state index in [4.69, 9.17) is 4.74 Å². The van der Waals surface area contributed by atoms with Gasteiger partial charge in [0.2, 0.25) is 11.8 Å². The third kappa shape index (κ3) is 15.3. The molecule has 0 spiro atoms. The van der Waals surface area contributed by atoms with Crippen molar-refractivity contribution < 1.29 is 33.8 Å². The van der Waals surface area contributed by atoms with Crippen LogP contribution in [0.3, 0.4) is 0 Å². The van der Waals surface area contributed by atoms with Crippen LogP contribution in [0.4, 0.5) is 10.5 Å². The minimum Gasteiger partial charge on any atom is -0.481 e. The van der Waals surface area contributed by atoms with E-state index in [9.17, 15) is 29.1 Å². The smallest absolute Gasteiger partial charge is 0.407 e. The number of anilines is 1. The Morgan fingerprint density at radius 1 is 0.962 bits per heavy atom. The van der Waals surface area contributed by atoms with Crippen LogP contribution < -0.4 is 26.6 Å². The molecule has 53 heavy (non-hydrogen) atoms. The van der Waals surface area contributed by atoms with E-state index in [-0.39, 0.29) is 36.3 Å². The second-order valence-electron chi connectivity index (χ2n) is 13.8. The summed E-state index contributed by atoms with van der Waals surface area (Å²) in [5, 5.41) is 26.1. The summed E-state index contributed by atoms with van der Waals surface area (Å²) >= 11 is 1.16. The molecule has 296 valence electrons. The Kier molecular flexibility index (Phi) is 19.9. The maximum atomic E-state index is 13.9. The van der Waals surface area contributed by atoms with E-state index in [0.29, 0.717) is 30.7 Å². The van der Waals surface area contributed by atoms with Gasteiger partial charge in [-0.05, 0) is 69.3 Å². The summed E-state index contributed by atoms with van der Waals surface area (Å²) < 4.78 is 5.78. The molecule has 1 heterocycles. The Bertz CT molecular complexity index is 1450. The van der Waals surface area contributed by atoms with Gasteiger partial charge in [-0.25, -0.2) is 9.78 Å². The van der Waals surface area contributed by atoms with E-state index in [1.165, 1.54) is 7.05 Å². The van der Waals surface area contributed by atoms with Crippen molar-refractivity contribution in [3.8, 4) is 0 Å². The number of ether oxygens (including phenoxy) is 1. The molecule has 4 unspecified atom stereocenters. The average molecular weight is 760 g/mol. The third-order valence-electron chi connectivity index (χ3n) is 9.21. The largest absolute Gasteiger partial charge is 0.481 e. The maximum Gasteiger partial charge on any atom is 0.407 e. The number of carboxylic acids is 1. The third-order valence-corrected chi connectivity index (χ3v) is 10.2. The number of carbonyl (C=O) groups excluding carboxylic acids is 4. The van der Waals surface area contributed by atoms with Gasteiger partial charge in [-0.3, -0.25) is 19.2 Å². The first-order valence-electron chi connectivity index (χ1n) is 18.6. The van der Waals surface area contributed by atoms with Gasteiger partial charge < -0.3 is 41.3 Å². The van der Waals surface area contributed by atoms with Crippen molar-refractivity contribution in [3.63, 3.8) is 0 Å². The van der Waals surface area contributed by atoms with Gasteiger partial charge >= 0.3 is 12.1 Å². The number of thiazole rings is 1. The molecule has 0 aliphatic heterocycles. The standard InChI is InChI=1S/C38H61N7O7S/c1-9-13-29(43-33(46)14-11-10-12-19-39-5)36(48)45(8)31(24(2)3)22-32(52-38(51)41-7)35-44-30(23-53-35)34(47)42-28(20-25(4)37(49)50)21-26-15-17-27(40-6)18-16-26/h15-18,23-25,28-29,31-32,39-40H,9-14,19-22H2,1-8H3,(H,41,51)(H,42,47)(H,43,46)(H,49,50)/t25?,28?,29-,31?,32?/m0/s1. The molecule has 2 rings (SSSR count). The molecular weight excluding hydrogens is 699 g/mol. The van der Waals surface area contributed by atoms with Gasteiger partial charge in [-0.2, -0.15) is 0 Å². The summed E-state index contributed by atoms with van der Waals surface area (Å²) in [5.74, 6) is -2.58. The second-order valence-corrected chi connectivity index (χ2v) is 14.7. The number of nitrogens with one attached hydrogen (secondary N) is 5. The predicted octanol–water partition coefficient (Wildman–Crippen LogP) is 4.97. The molecule has 6 N–H and O–H groups in total. The highest BCUT2D eigenvalue weighted by molar-refractivity contribution is 7.09. The van der Waals surface area contributed by atoms with Crippen molar-refractivity contribution in [2.45, 2.75) is 110 Å². The zero-order valence-corrected chi connectivity index (χ0v) is 33.4. The summed E-state index contributed by atoms with van der Waals surface area (Å²) in [7, 11) is 6.85. The topological polar surface area (TPSA) is 191 Å². The van der Waals surface area contributed by atoms with E-state index < -0.39 is 48.1 Å². The molecule has 0 saturated carbocycles. The van der Waals surface area contributed by atoms with Crippen LogP contribution in [0.5, 0.6) is 0 Å². The van der Waals surface area contributed by atoms with Crippen molar-refractivity contribution in [3.05, 3.63) is 45.9 Å². The van der Waals surface area contributed by atoms with Gasteiger partial charge in [0.1, 0.15) is 16.7 Å². The number of carbonyl (C=O) groups is 5. The van der Waals surface area contributed by atoms with Crippen molar-refractivity contribution in [1.29, 1.82) is 0 Å². The number of amides is 4. The Hall–Kier alpha value is -4.24. The first-order chi connectivity index (χ1) is 25.2. The summed E-state index contributed by atoms with van der Waals surface area (Å²) in [6.07, 6.45) is 3.40. The van der Waals surface area contributed by atoms with Gasteiger partial charge in [-0.1, -0.05) is 52.7 Å². The summed E-state index contributed by atoms with van der Waals surface area (Å²) in [5.41, 5.74) is 1.97. The molecule has 0 aliphatic carbocycles. The molecule has 0 radical (unpaired) electrons. The number of hydrogen-bond acceptors (Lipinski definition) is 10. The van der Waals surface area contributed by atoms with Crippen LogP contribution in [0.15, 0.2) is 29.6 Å².